The molecule has 0 saturated carbocycles. The van der Waals surface area contributed by atoms with Crippen molar-refractivity contribution in [3.8, 4) is 11.5 Å². The molecular formula is C22H21N3O3. The average molecular weight is 375 g/mol. The van der Waals surface area contributed by atoms with Crippen LogP contribution in [-0.4, -0.2) is 29.1 Å². The van der Waals surface area contributed by atoms with E-state index in [-0.39, 0.29) is 11.9 Å². The molecule has 0 radical (unpaired) electrons. The number of para-hydroxylation sites is 2. The number of ether oxygens (including phenoxy) is 2. The van der Waals surface area contributed by atoms with Gasteiger partial charge in [-0.15, -0.1) is 0 Å². The highest BCUT2D eigenvalue weighted by Crippen LogP contribution is 2.33. The lowest BCUT2D eigenvalue weighted by atomic mass is 10.0. The van der Waals surface area contributed by atoms with Gasteiger partial charge in [0.2, 0.25) is 5.91 Å². The minimum atomic E-state index is -0.184. The van der Waals surface area contributed by atoms with E-state index in [1.54, 1.807) is 12.3 Å². The normalized spacial score (nSPS) is 14.2. The highest BCUT2D eigenvalue weighted by Gasteiger charge is 2.17. The second-order valence-corrected chi connectivity index (χ2v) is 6.49. The van der Waals surface area contributed by atoms with Crippen LogP contribution in [0.3, 0.4) is 0 Å². The molecule has 0 saturated heterocycles. The minimum absolute atomic E-state index is 0.115. The first kappa shape index (κ1) is 18.0. The van der Waals surface area contributed by atoms with E-state index in [0.717, 1.165) is 34.5 Å². The van der Waals surface area contributed by atoms with Crippen molar-refractivity contribution in [1.29, 1.82) is 0 Å². The summed E-state index contributed by atoms with van der Waals surface area (Å²) in [4.78, 5) is 21.3. The molecule has 3 aromatic rings. The van der Waals surface area contributed by atoms with E-state index < -0.39 is 0 Å². The predicted octanol–water partition coefficient (Wildman–Crippen LogP) is 3.68. The molecule has 1 unspecified atom stereocenters. The van der Waals surface area contributed by atoms with Gasteiger partial charge in [0, 0.05) is 6.08 Å². The van der Waals surface area contributed by atoms with Crippen molar-refractivity contribution in [3.05, 3.63) is 66.0 Å². The Labute approximate surface area is 163 Å². The number of aromatic nitrogens is 2. The van der Waals surface area contributed by atoms with Crippen molar-refractivity contribution in [2.24, 2.45) is 0 Å². The summed E-state index contributed by atoms with van der Waals surface area (Å²) in [6.45, 7) is 3.12. The third-order valence-electron chi connectivity index (χ3n) is 4.57. The van der Waals surface area contributed by atoms with Crippen LogP contribution >= 0.6 is 0 Å². The maximum atomic E-state index is 12.4. The molecule has 1 N–H and O–H groups in total. The van der Waals surface area contributed by atoms with Crippen LogP contribution in [0, 0.1) is 0 Å². The Balaban J connectivity index is 1.45. The molecule has 1 aromatic heterocycles. The van der Waals surface area contributed by atoms with Crippen molar-refractivity contribution < 1.29 is 14.3 Å². The highest BCUT2D eigenvalue weighted by atomic mass is 16.6. The Morgan fingerprint density at radius 1 is 1.14 bits per heavy atom. The Morgan fingerprint density at radius 3 is 2.75 bits per heavy atom. The smallest absolute Gasteiger partial charge is 0.244 e. The Bertz CT molecular complexity index is 1030. The number of amides is 1. The molecule has 28 heavy (non-hydrogen) atoms. The zero-order valence-corrected chi connectivity index (χ0v) is 15.6. The van der Waals surface area contributed by atoms with E-state index in [4.69, 9.17) is 9.47 Å². The number of carbonyl (C=O) groups excluding carboxylic acids is 1. The van der Waals surface area contributed by atoms with Gasteiger partial charge in [0.15, 0.2) is 11.5 Å². The zero-order chi connectivity index (χ0) is 19.3. The summed E-state index contributed by atoms with van der Waals surface area (Å²) in [5, 5.41) is 3.03. The van der Waals surface area contributed by atoms with Gasteiger partial charge in [0.1, 0.15) is 13.2 Å². The second-order valence-electron chi connectivity index (χ2n) is 6.49. The summed E-state index contributed by atoms with van der Waals surface area (Å²) in [6.07, 6.45) is 5.57. The Morgan fingerprint density at radius 2 is 1.93 bits per heavy atom. The monoisotopic (exact) mass is 375 g/mol. The molecule has 1 aliphatic rings. The highest BCUT2D eigenvalue weighted by molar-refractivity contribution is 5.92. The molecule has 6 heteroatoms. The van der Waals surface area contributed by atoms with E-state index in [1.807, 2.05) is 49.4 Å². The van der Waals surface area contributed by atoms with Crippen LogP contribution in [-0.2, 0) is 4.79 Å². The van der Waals surface area contributed by atoms with Crippen molar-refractivity contribution >= 4 is 23.0 Å². The van der Waals surface area contributed by atoms with Crippen LogP contribution in [0.4, 0.5) is 0 Å². The number of nitrogens with one attached hydrogen (secondary N) is 1. The van der Waals surface area contributed by atoms with Gasteiger partial charge in [-0.2, -0.15) is 0 Å². The molecule has 0 fully saturated rings. The van der Waals surface area contributed by atoms with Gasteiger partial charge in [-0.3, -0.25) is 9.78 Å². The third kappa shape index (κ3) is 3.96. The van der Waals surface area contributed by atoms with Crippen LogP contribution in [0.25, 0.3) is 17.1 Å². The molecule has 2 aromatic carbocycles. The fourth-order valence-electron chi connectivity index (χ4n) is 3.13. The van der Waals surface area contributed by atoms with Crippen molar-refractivity contribution in [2.75, 3.05) is 13.2 Å². The SMILES string of the molecule is CCC(NC(=O)/C=C/c1cnc2ccccc2n1)c1ccc2c(c1)OCCO2. The first-order valence-electron chi connectivity index (χ1n) is 9.33. The number of benzene rings is 2. The molecular weight excluding hydrogens is 354 g/mol. The summed E-state index contributed by atoms with van der Waals surface area (Å²) in [5.41, 5.74) is 3.25. The lowest BCUT2D eigenvalue weighted by Crippen LogP contribution is -2.26. The van der Waals surface area contributed by atoms with E-state index in [9.17, 15) is 4.79 Å². The van der Waals surface area contributed by atoms with Crippen LogP contribution in [0.15, 0.2) is 54.7 Å². The van der Waals surface area contributed by atoms with E-state index in [1.165, 1.54) is 6.08 Å². The summed E-state index contributed by atoms with van der Waals surface area (Å²) < 4.78 is 11.2. The Hall–Kier alpha value is -3.41. The standard InChI is InChI=1S/C22H21N3O3/c1-2-17(15-7-9-20-21(13-15)28-12-11-27-20)25-22(26)10-8-16-14-23-18-5-3-4-6-19(18)24-16/h3-10,13-14,17H,2,11-12H2,1H3,(H,25,26)/b10-8+. The fourth-order valence-corrected chi connectivity index (χ4v) is 3.13. The lowest BCUT2D eigenvalue weighted by Gasteiger charge is -2.22. The largest absolute Gasteiger partial charge is 0.486 e. The van der Waals surface area contributed by atoms with E-state index >= 15 is 0 Å². The van der Waals surface area contributed by atoms with Gasteiger partial charge < -0.3 is 14.8 Å². The van der Waals surface area contributed by atoms with Gasteiger partial charge in [-0.1, -0.05) is 25.1 Å². The molecule has 0 bridgehead atoms. The number of carbonyl (C=O) groups is 1. The summed E-state index contributed by atoms with van der Waals surface area (Å²) in [5.74, 6) is 1.28. The summed E-state index contributed by atoms with van der Waals surface area (Å²) in [6, 6.07) is 13.3. The first-order chi connectivity index (χ1) is 13.7. The van der Waals surface area contributed by atoms with Crippen LogP contribution in [0.5, 0.6) is 11.5 Å². The maximum Gasteiger partial charge on any atom is 0.244 e. The molecule has 4 rings (SSSR count). The zero-order valence-electron chi connectivity index (χ0n) is 15.6. The van der Waals surface area contributed by atoms with Gasteiger partial charge in [-0.25, -0.2) is 4.98 Å². The molecule has 0 aliphatic carbocycles. The van der Waals surface area contributed by atoms with Gasteiger partial charge in [0.05, 0.1) is 29.0 Å². The lowest BCUT2D eigenvalue weighted by molar-refractivity contribution is -0.117. The van der Waals surface area contributed by atoms with Gasteiger partial charge >= 0.3 is 0 Å². The quantitative estimate of drug-likeness (QED) is 0.689. The molecule has 2 heterocycles. The maximum absolute atomic E-state index is 12.4. The van der Waals surface area contributed by atoms with Gasteiger partial charge in [-0.05, 0) is 42.3 Å². The fraction of sp³-hybridized carbons (Fsp3) is 0.227. The van der Waals surface area contributed by atoms with Crippen molar-refractivity contribution in [1.82, 2.24) is 15.3 Å². The number of hydrogen-bond donors (Lipinski definition) is 1. The number of rotatable bonds is 5. The molecule has 1 atom stereocenters. The predicted molar refractivity (Wildman–Crippen MR) is 107 cm³/mol. The molecule has 6 nitrogen and oxygen atoms in total. The third-order valence-corrected chi connectivity index (χ3v) is 4.57. The number of nitrogens with zero attached hydrogens (tertiary/aromatic N) is 2. The first-order valence-corrected chi connectivity index (χ1v) is 9.33. The second kappa shape index (κ2) is 8.08. The Kier molecular flexibility index (Phi) is 5.19. The van der Waals surface area contributed by atoms with Crippen LogP contribution in [0.1, 0.15) is 30.6 Å². The number of hydrogen-bond acceptors (Lipinski definition) is 5. The molecule has 1 aliphatic heterocycles. The average Bonchev–Trinajstić information content (AvgIpc) is 2.75. The molecule has 1 amide bonds. The number of fused-ring (bicyclic) bond motifs is 2. The minimum Gasteiger partial charge on any atom is -0.486 e. The topological polar surface area (TPSA) is 73.3 Å². The van der Waals surface area contributed by atoms with E-state index in [2.05, 4.69) is 15.3 Å². The van der Waals surface area contributed by atoms with E-state index in [0.29, 0.717) is 18.9 Å². The summed E-state index contributed by atoms with van der Waals surface area (Å²) in [7, 11) is 0. The van der Waals surface area contributed by atoms with Crippen LogP contribution in [0.2, 0.25) is 0 Å². The van der Waals surface area contributed by atoms with Gasteiger partial charge in [0.25, 0.3) is 0 Å². The van der Waals surface area contributed by atoms with Crippen molar-refractivity contribution in [3.63, 3.8) is 0 Å². The molecule has 0 spiro atoms. The van der Waals surface area contributed by atoms with Crippen molar-refractivity contribution in [2.45, 2.75) is 19.4 Å². The molecule has 142 valence electrons. The summed E-state index contributed by atoms with van der Waals surface area (Å²) >= 11 is 0. The van der Waals surface area contributed by atoms with Crippen LogP contribution < -0.4 is 14.8 Å².